The van der Waals surface area contributed by atoms with Crippen molar-refractivity contribution in [3.63, 3.8) is 0 Å². The van der Waals surface area contributed by atoms with Crippen LogP contribution < -0.4 is 14.8 Å². The molecule has 3 aromatic carbocycles. The number of anilines is 1. The smallest absolute Gasteiger partial charge is 0.293 e. The van der Waals surface area contributed by atoms with Crippen molar-refractivity contribution in [2.45, 2.75) is 55.9 Å². The van der Waals surface area contributed by atoms with Gasteiger partial charge in [0.25, 0.3) is 11.6 Å². The highest BCUT2D eigenvalue weighted by Gasteiger charge is 2.41. The maximum atomic E-state index is 13.9. The van der Waals surface area contributed by atoms with E-state index in [4.69, 9.17) is 25.8 Å². The number of hydrogen-bond acceptors (Lipinski definition) is 10. The zero-order valence-corrected chi connectivity index (χ0v) is 35.2. The van der Waals surface area contributed by atoms with E-state index in [0.29, 0.717) is 43.2 Å². The summed E-state index contributed by atoms with van der Waals surface area (Å²) in [6.45, 7) is 4.21. The summed E-state index contributed by atoms with van der Waals surface area (Å²) in [6.07, 6.45) is 13.7. The first-order valence-corrected chi connectivity index (χ1v) is 22.3. The molecule has 2 aliphatic carbocycles. The van der Waals surface area contributed by atoms with Gasteiger partial charge in [-0.15, -0.1) is 0 Å². The number of hydrogen-bond donors (Lipinski definition) is 3. The fourth-order valence-electron chi connectivity index (χ4n) is 8.88. The highest BCUT2D eigenvalue weighted by atomic mass is 35.5. The Hall–Kier alpha value is -5.38. The number of nitro groups is 1. The number of amides is 1. The summed E-state index contributed by atoms with van der Waals surface area (Å²) in [4.78, 5) is 35.5. The summed E-state index contributed by atoms with van der Waals surface area (Å²) in [5, 5.41) is 16.7. The topological polar surface area (TPSA) is 161 Å². The third-order valence-corrected chi connectivity index (χ3v) is 13.7. The maximum absolute atomic E-state index is 13.9. The number of aromatic amines is 1. The van der Waals surface area contributed by atoms with Gasteiger partial charge in [0, 0.05) is 48.9 Å². The molecule has 4 heterocycles. The minimum Gasteiger partial charge on any atom is -0.455 e. The van der Waals surface area contributed by atoms with Gasteiger partial charge >= 0.3 is 0 Å². The molecule has 2 aliphatic heterocycles. The number of aromatic nitrogens is 2. The van der Waals surface area contributed by atoms with Crippen molar-refractivity contribution in [3.05, 3.63) is 129 Å². The van der Waals surface area contributed by atoms with Crippen LogP contribution in [0.25, 0.3) is 22.2 Å². The van der Waals surface area contributed by atoms with Crippen LogP contribution in [0, 0.1) is 15.5 Å². The third-order valence-electron chi connectivity index (χ3n) is 12.4. The molecule has 15 heteroatoms. The summed E-state index contributed by atoms with van der Waals surface area (Å²) in [5.74, 6) is 0.0176. The van der Waals surface area contributed by atoms with Crippen LogP contribution >= 0.6 is 11.6 Å². The molecule has 4 aliphatic rings. The van der Waals surface area contributed by atoms with Gasteiger partial charge < -0.3 is 24.5 Å². The van der Waals surface area contributed by atoms with Crippen molar-refractivity contribution in [2.24, 2.45) is 5.41 Å². The van der Waals surface area contributed by atoms with Crippen LogP contribution in [0.3, 0.4) is 0 Å². The number of halogens is 1. The number of ether oxygens (including phenoxy) is 3. The highest BCUT2D eigenvalue weighted by molar-refractivity contribution is 7.83. The molecule has 13 nitrogen and oxygen atoms in total. The molecule has 2 atom stereocenters. The molecular weight excluding hydrogens is 816 g/mol. The van der Waals surface area contributed by atoms with Crippen molar-refractivity contribution >= 4 is 62.0 Å². The number of carbonyl (C=O) groups is 1. The predicted octanol–water partition coefficient (Wildman–Crippen LogP) is 9.09. The summed E-state index contributed by atoms with van der Waals surface area (Å²) >= 11 is 6.28. The number of rotatable bonds is 13. The molecule has 61 heavy (non-hydrogen) atoms. The summed E-state index contributed by atoms with van der Waals surface area (Å²) in [6, 6.07) is 21.6. The monoisotopic (exact) mass is 862 g/mol. The molecule has 1 amide bonds. The van der Waals surface area contributed by atoms with E-state index in [9.17, 15) is 19.1 Å². The van der Waals surface area contributed by atoms with Crippen molar-refractivity contribution in [3.8, 4) is 11.5 Å². The summed E-state index contributed by atoms with van der Waals surface area (Å²) < 4.78 is 33.5. The van der Waals surface area contributed by atoms with E-state index in [1.54, 1.807) is 18.5 Å². The molecule has 2 aromatic heterocycles. The number of nitrogens with zero attached hydrogens (tertiary/aromatic N) is 3. The lowest BCUT2D eigenvalue weighted by Crippen LogP contribution is -2.36. The van der Waals surface area contributed by atoms with E-state index in [1.165, 1.54) is 60.6 Å². The van der Waals surface area contributed by atoms with Crippen LogP contribution in [-0.4, -0.2) is 82.0 Å². The van der Waals surface area contributed by atoms with Crippen LogP contribution in [-0.2, 0) is 20.5 Å². The van der Waals surface area contributed by atoms with E-state index in [0.717, 1.165) is 60.4 Å². The molecular formula is C46H47ClN6O7S. The molecule has 2 unspecified atom stereocenters. The largest absolute Gasteiger partial charge is 0.455 e. The molecule has 5 aromatic rings. The molecule has 1 saturated carbocycles. The minimum atomic E-state index is -2.14. The quantitative estimate of drug-likeness (QED) is 0.0770. The standard InChI is InChI=1S/C46H47ClN6O7S/c47-35-5-2-31(3-6-35)40-25-46(14-1-15-46)16-10-34(40)28-52-18-12-30(13-19-52)32-4-8-39(43(23-32)60-36-22-33-11-17-48-44(33)50-26-36)45(54)51-61(57)38-7-9-41(42(24-38)53(55)56)49-27-37-29-58-20-21-59-37/h2-9,11-12,17,22-24,26,37,49H,1,10,13-16,18-21,25,27-29H2,(H,48,50)(H,51,54). The number of pyridine rings is 1. The number of fused-ring (bicyclic) bond motifs is 1. The van der Waals surface area contributed by atoms with Crippen LogP contribution in [0.5, 0.6) is 11.5 Å². The van der Waals surface area contributed by atoms with E-state index < -0.39 is 21.8 Å². The first-order chi connectivity index (χ1) is 29.7. The van der Waals surface area contributed by atoms with Gasteiger partial charge in [-0.3, -0.25) is 24.5 Å². The van der Waals surface area contributed by atoms with E-state index in [2.05, 4.69) is 43.1 Å². The first kappa shape index (κ1) is 41.0. The number of allylic oxidation sites excluding steroid dienone is 1. The van der Waals surface area contributed by atoms with Crippen molar-refractivity contribution < 1.29 is 28.1 Å². The Kier molecular flexibility index (Phi) is 12.0. The second-order valence-corrected chi connectivity index (χ2v) is 18.0. The fraction of sp³-hybridized carbons (Fsp3) is 0.348. The second kappa shape index (κ2) is 17.9. The number of benzene rings is 3. The van der Waals surface area contributed by atoms with Crippen LogP contribution in [0.4, 0.5) is 11.4 Å². The molecule has 1 saturated heterocycles. The average molecular weight is 863 g/mol. The Morgan fingerprint density at radius 3 is 2.66 bits per heavy atom. The lowest BCUT2D eigenvalue weighted by molar-refractivity contribution is -0.384. The van der Waals surface area contributed by atoms with Crippen LogP contribution in [0.15, 0.2) is 102 Å². The van der Waals surface area contributed by atoms with Gasteiger partial charge in [0.1, 0.15) is 22.8 Å². The van der Waals surface area contributed by atoms with Gasteiger partial charge in [-0.1, -0.05) is 47.9 Å². The summed E-state index contributed by atoms with van der Waals surface area (Å²) in [7, 11) is -2.14. The van der Waals surface area contributed by atoms with Gasteiger partial charge in [-0.05, 0) is 115 Å². The molecule has 316 valence electrons. The first-order valence-electron chi connectivity index (χ1n) is 20.8. The lowest BCUT2D eigenvalue weighted by atomic mass is 9.59. The van der Waals surface area contributed by atoms with Crippen molar-refractivity contribution in [1.82, 2.24) is 19.6 Å². The Balaban J connectivity index is 0.932. The molecule has 9 rings (SSSR count). The Morgan fingerprint density at radius 1 is 1.05 bits per heavy atom. The summed E-state index contributed by atoms with van der Waals surface area (Å²) in [5.41, 5.74) is 7.62. The molecule has 3 N–H and O–H groups in total. The zero-order chi connectivity index (χ0) is 41.9. The van der Waals surface area contributed by atoms with Gasteiger partial charge in [0.15, 0.2) is 11.0 Å². The van der Waals surface area contributed by atoms with E-state index in [1.807, 2.05) is 36.4 Å². The van der Waals surface area contributed by atoms with Crippen molar-refractivity contribution in [1.29, 1.82) is 0 Å². The molecule has 0 bridgehead atoms. The predicted molar refractivity (Wildman–Crippen MR) is 236 cm³/mol. The molecule has 1 spiro atoms. The SMILES string of the molecule is O=C(NS(=O)c1ccc(NCC2COCCO2)c([N+](=O)[O-])c1)c1ccc(C2=CCN(CC3=C(c4ccc(Cl)cc4)CC4(CCC4)CC3)CC2)cc1Oc1cnc2[nH]ccc2c1. The Bertz CT molecular complexity index is 2550. The van der Waals surface area contributed by atoms with E-state index in [-0.39, 0.29) is 33.7 Å². The number of nitro benzene ring substituents is 1. The molecule has 0 radical (unpaired) electrons. The van der Waals surface area contributed by atoms with E-state index >= 15 is 0 Å². The fourth-order valence-corrected chi connectivity index (χ4v) is 9.81. The van der Waals surface area contributed by atoms with Crippen molar-refractivity contribution in [2.75, 3.05) is 51.3 Å². The lowest BCUT2D eigenvalue weighted by Gasteiger charge is -2.47. The number of H-pyrrole nitrogens is 1. The van der Waals surface area contributed by atoms with Gasteiger partial charge in [0.2, 0.25) is 0 Å². The third kappa shape index (κ3) is 9.29. The minimum absolute atomic E-state index is 0.0628. The zero-order valence-electron chi connectivity index (χ0n) is 33.6. The van der Waals surface area contributed by atoms with Gasteiger partial charge in [-0.25, -0.2) is 9.19 Å². The molecule has 2 fully saturated rings. The van der Waals surface area contributed by atoms with Gasteiger partial charge in [0.05, 0.1) is 47.5 Å². The van der Waals surface area contributed by atoms with Crippen LogP contribution in [0.1, 0.15) is 66.4 Å². The number of carbonyl (C=O) groups excluding carboxylic acids is 1. The normalized spacial score (nSPS) is 19.6. The highest BCUT2D eigenvalue weighted by Crippen LogP contribution is 2.55. The van der Waals surface area contributed by atoms with Gasteiger partial charge in [-0.2, -0.15) is 0 Å². The Labute approximate surface area is 361 Å². The number of nitrogens with one attached hydrogen (secondary N) is 3. The average Bonchev–Trinajstić information content (AvgIpc) is 3.74. The maximum Gasteiger partial charge on any atom is 0.293 e. The Morgan fingerprint density at radius 2 is 1.90 bits per heavy atom. The van der Waals surface area contributed by atoms with Crippen LogP contribution in [0.2, 0.25) is 5.02 Å². The second-order valence-electron chi connectivity index (χ2n) is 16.3.